The minimum Gasteiger partial charge on any atom is -0.491 e. The van der Waals surface area contributed by atoms with Crippen molar-refractivity contribution in [2.45, 2.75) is 19.9 Å². The molecule has 0 bridgehead atoms. The Bertz CT molecular complexity index is 554. The molecule has 0 atom stereocenters. The quantitative estimate of drug-likeness (QED) is 0.819. The van der Waals surface area contributed by atoms with Crippen LogP contribution in [0, 0.1) is 5.82 Å². The molecule has 0 fully saturated rings. The zero-order valence-corrected chi connectivity index (χ0v) is 12.1. The van der Waals surface area contributed by atoms with Gasteiger partial charge in [-0.2, -0.15) is 0 Å². The number of hydrogen-bond donors (Lipinski definition) is 1. The summed E-state index contributed by atoms with van der Waals surface area (Å²) in [6.45, 7) is 3.02. The van der Waals surface area contributed by atoms with Crippen LogP contribution in [0.5, 0.6) is 5.75 Å². The van der Waals surface area contributed by atoms with E-state index in [4.69, 9.17) is 16.3 Å². The maximum absolute atomic E-state index is 13.7. The summed E-state index contributed by atoms with van der Waals surface area (Å²) in [6, 6.07) is 12.3. The van der Waals surface area contributed by atoms with Gasteiger partial charge in [0.2, 0.25) is 0 Å². The number of nitrogens with one attached hydrogen (secondary N) is 1. The van der Waals surface area contributed by atoms with Crippen LogP contribution in [0.2, 0.25) is 5.02 Å². The Morgan fingerprint density at radius 3 is 2.70 bits per heavy atom. The van der Waals surface area contributed by atoms with Crippen LogP contribution in [0.15, 0.2) is 42.5 Å². The third-order valence-corrected chi connectivity index (χ3v) is 3.22. The van der Waals surface area contributed by atoms with E-state index in [1.165, 1.54) is 6.07 Å². The molecule has 0 saturated heterocycles. The Labute approximate surface area is 123 Å². The van der Waals surface area contributed by atoms with E-state index in [1.807, 2.05) is 24.3 Å². The van der Waals surface area contributed by atoms with E-state index in [9.17, 15) is 4.39 Å². The number of benzene rings is 2. The van der Waals surface area contributed by atoms with Gasteiger partial charge in [0.1, 0.15) is 11.6 Å². The fourth-order valence-corrected chi connectivity index (χ4v) is 2.07. The van der Waals surface area contributed by atoms with Gasteiger partial charge in [-0.1, -0.05) is 36.7 Å². The van der Waals surface area contributed by atoms with Gasteiger partial charge < -0.3 is 10.1 Å². The van der Waals surface area contributed by atoms with Gasteiger partial charge in [-0.25, -0.2) is 4.39 Å². The third kappa shape index (κ3) is 3.64. The zero-order chi connectivity index (χ0) is 14.4. The molecular formula is C16H17ClFNO. The van der Waals surface area contributed by atoms with Crippen molar-refractivity contribution in [3.8, 4) is 5.75 Å². The molecule has 4 heteroatoms. The van der Waals surface area contributed by atoms with Crippen molar-refractivity contribution < 1.29 is 9.13 Å². The molecule has 0 aliphatic rings. The molecule has 0 unspecified atom stereocenters. The average molecular weight is 294 g/mol. The van der Waals surface area contributed by atoms with Crippen molar-refractivity contribution in [2.75, 3.05) is 11.9 Å². The van der Waals surface area contributed by atoms with Crippen LogP contribution in [-0.4, -0.2) is 6.61 Å². The normalized spacial score (nSPS) is 10.3. The van der Waals surface area contributed by atoms with Crippen molar-refractivity contribution in [1.82, 2.24) is 0 Å². The third-order valence-electron chi connectivity index (χ3n) is 2.87. The van der Waals surface area contributed by atoms with E-state index >= 15 is 0 Å². The van der Waals surface area contributed by atoms with Crippen molar-refractivity contribution in [3.63, 3.8) is 0 Å². The molecule has 2 nitrogen and oxygen atoms in total. The summed E-state index contributed by atoms with van der Waals surface area (Å²) in [5, 5.41) is 3.59. The van der Waals surface area contributed by atoms with Crippen LogP contribution in [0.4, 0.5) is 10.1 Å². The van der Waals surface area contributed by atoms with Gasteiger partial charge in [-0.15, -0.1) is 0 Å². The summed E-state index contributed by atoms with van der Waals surface area (Å²) in [6.07, 6.45) is 0.938. The van der Waals surface area contributed by atoms with Crippen LogP contribution in [0.1, 0.15) is 18.9 Å². The highest BCUT2D eigenvalue weighted by molar-refractivity contribution is 6.31. The first kappa shape index (κ1) is 14.7. The van der Waals surface area contributed by atoms with Gasteiger partial charge >= 0.3 is 0 Å². The lowest BCUT2D eigenvalue weighted by atomic mass is 10.2. The van der Waals surface area contributed by atoms with Crippen LogP contribution in [0.3, 0.4) is 0 Å². The van der Waals surface area contributed by atoms with E-state index in [0.29, 0.717) is 23.7 Å². The topological polar surface area (TPSA) is 21.3 Å². The van der Waals surface area contributed by atoms with Crippen LogP contribution in [-0.2, 0) is 6.54 Å². The summed E-state index contributed by atoms with van der Waals surface area (Å²) in [7, 11) is 0. The summed E-state index contributed by atoms with van der Waals surface area (Å²) < 4.78 is 19.3. The Balaban J connectivity index is 2.11. The predicted octanol–water partition coefficient (Wildman–Crippen LogP) is 4.88. The van der Waals surface area contributed by atoms with E-state index in [2.05, 4.69) is 12.2 Å². The van der Waals surface area contributed by atoms with Crippen molar-refractivity contribution in [3.05, 3.63) is 58.9 Å². The number of para-hydroxylation sites is 2. The van der Waals surface area contributed by atoms with Crippen molar-refractivity contribution in [2.24, 2.45) is 0 Å². The van der Waals surface area contributed by atoms with Gasteiger partial charge in [0.05, 0.1) is 12.3 Å². The highest BCUT2D eigenvalue weighted by Crippen LogP contribution is 2.26. The first-order chi connectivity index (χ1) is 9.72. The first-order valence-electron chi connectivity index (χ1n) is 6.61. The number of rotatable bonds is 6. The van der Waals surface area contributed by atoms with E-state index in [1.54, 1.807) is 12.1 Å². The number of halogens is 2. The fourth-order valence-electron chi connectivity index (χ4n) is 1.84. The number of hydrogen-bond acceptors (Lipinski definition) is 2. The highest BCUT2D eigenvalue weighted by atomic mass is 35.5. The van der Waals surface area contributed by atoms with Crippen LogP contribution in [0.25, 0.3) is 0 Å². The minimum absolute atomic E-state index is 0.308. The van der Waals surface area contributed by atoms with Gasteiger partial charge in [-0.05, 0) is 30.7 Å². The van der Waals surface area contributed by atoms with E-state index in [0.717, 1.165) is 17.9 Å². The molecule has 0 saturated carbocycles. The minimum atomic E-state index is -0.308. The summed E-state index contributed by atoms with van der Waals surface area (Å²) in [4.78, 5) is 0. The molecule has 0 amide bonds. The molecule has 0 spiro atoms. The average Bonchev–Trinajstić information content (AvgIpc) is 2.45. The Morgan fingerprint density at radius 2 is 1.95 bits per heavy atom. The zero-order valence-electron chi connectivity index (χ0n) is 11.3. The summed E-state index contributed by atoms with van der Waals surface area (Å²) >= 11 is 6.01. The number of anilines is 1. The van der Waals surface area contributed by atoms with Crippen molar-refractivity contribution >= 4 is 17.3 Å². The van der Waals surface area contributed by atoms with E-state index < -0.39 is 0 Å². The molecule has 2 aromatic carbocycles. The molecular weight excluding hydrogens is 277 g/mol. The van der Waals surface area contributed by atoms with E-state index in [-0.39, 0.29) is 5.82 Å². The monoisotopic (exact) mass is 293 g/mol. The smallest absolute Gasteiger partial charge is 0.142 e. The van der Waals surface area contributed by atoms with Gasteiger partial charge in [0.15, 0.2) is 0 Å². The second-order valence-corrected chi connectivity index (χ2v) is 4.81. The fraction of sp³-hybridized carbons (Fsp3) is 0.250. The van der Waals surface area contributed by atoms with Gasteiger partial charge in [-0.3, -0.25) is 0 Å². The Morgan fingerprint density at radius 1 is 1.15 bits per heavy atom. The molecule has 0 radical (unpaired) electrons. The molecule has 2 rings (SSSR count). The predicted molar refractivity (Wildman–Crippen MR) is 81.0 cm³/mol. The van der Waals surface area contributed by atoms with Gasteiger partial charge in [0, 0.05) is 17.1 Å². The molecule has 2 aromatic rings. The number of ether oxygens (including phenoxy) is 1. The van der Waals surface area contributed by atoms with Gasteiger partial charge in [0.25, 0.3) is 0 Å². The molecule has 0 heterocycles. The summed E-state index contributed by atoms with van der Waals surface area (Å²) in [5.74, 6) is 0.457. The van der Waals surface area contributed by atoms with Crippen LogP contribution < -0.4 is 10.1 Å². The molecule has 106 valence electrons. The lowest BCUT2D eigenvalue weighted by molar-refractivity contribution is 0.319. The Hall–Kier alpha value is -1.74. The molecule has 0 aromatic heterocycles. The Kier molecular flexibility index (Phi) is 5.24. The second-order valence-electron chi connectivity index (χ2n) is 4.40. The lowest BCUT2D eigenvalue weighted by Gasteiger charge is -2.13. The largest absolute Gasteiger partial charge is 0.491 e. The SMILES string of the molecule is CCCOc1ccccc1NCc1c(F)cccc1Cl. The lowest BCUT2D eigenvalue weighted by Crippen LogP contribution is -2.05. The molecule has 0 aliphatic heterocycles. The first-order valence-corrected chi connectivity index (χ1v) is 6.98. The maximum Gasteiger partial charge on any atom is 0.142 e. The molecule has 1 N–H and O–H groups in total. The maximum atomic E-state index is 13.7. The molecule has 0 aliphatic carbocycles. The van der Waals surface area contributed by atoms with Crippen molar-refractivity contribution in [1.29, 1.82) is 0 Å². The second kappa shape index (κ2) is 7.15. The molecule has 20 heavy (non-hydrogen) atoms. The standard InChI is InChI=1S/C16H17ClFNO/c1-2-10-20-16-9-4-3-8-15(16)19-11-12-13(17)6-5-7-14(12)18/h3-9,19H,2,10-11H2,1H3. The highest BCUT2D eigenvalue weighted by Gasteiger charge is 2.08. The summed E-state index contributed by atoms with van der Waals surface area (Å²) in [5.41, 5.74) is 1.29. The van der Waals surface area contributed by atoms with Crippen LogP contribution >= 0.6 is 11.6 Å².